The third-order valence-electron chi connectivity index (χ3n) is 3.10. The van der Waals surface area contributed by atoms with Gasteiger partial charge in [0, 0.05) is 6.54 Å². The first-order chi connectivity index (χ1) is 10.9. The van der Waals surface area contributed by atoms with Crippen LogP contribution in [0, 0.1) is 0 Å². The molecule has 5 nitrogen and oxygen atoms in total. The second kappa shape index (κ2) is 6.04. The standard InChI is InChI=1S/C14H11ClF3N5/c15-13-21-11(19-6-9-4-2-1-3-5-9)10-7-20-23(12(10)22-13)8-14(16,17)18/h1-5,7H,6,8H2,(H,19,21,22). The van der Waals surface area contributed by atoms with Crippen molar-refractivity contribution >= 4 is 28.5 Å². The van der Waals surface area contributed by atoms with Crippen LogP contribution in [0.2, 0.25) is 5.28 Å². The molecule has 0 spiro atoms. The van der Waals surface area contributed by atoms with Crippen LogP contribution in [-0.4, -0.2) is 25.9 Å². The van der Waals surface area contributed by atoms with E-state index in [1.54, 1.807) is 0 Å². The van der Waals surface area contributed by atoms with Crippen molar-refractivity contribution in [3.8, 4) is 0 Å². The fraction of sp³-hybridized carbons (Fsp3) is 0.214. The number of benzene rings is 1. The minimum atomic E-state index is -4.39. The Kier molecular flexibility index (Phi) is 4.08. The Hall–Kier alpha value is -2.35. The maximum absolute atomic E-state index is 12.6. The minimum Gasteiger partial charge on any atom is -0.365 e. The molecule has 2 heterocycles. The summed E-state index contributed by atoms with van der Waals surface area (Å²) in [5.74, 6) is 0.345. The van der Waals surface area contributed by atoms with Gasteiger partial charge in [-0.25, -0.2) is 4.68 Å². The molecule has 3 rings (SSSR count). The van der Waals surface area contributed by atoms with Crippen LogP contribution in [0.3, 0.4) is 0 Å². The van der Waals surface area contributed by atoms with E-state index in [0.717, 1.165) is 10.2 Å². The highest BCUT2D eigenvalue weighted by molar-refractivity contribution is 6.28. The molecule has 0 amide bonds. The van der Waals surface area contributed by atoms with Crippen LogP contribution in [-0.2, 0) is 13.1 Å². The van der Waals surface area contributed by atoms with E-state index in [1.165, 1.54) is 6.20 Å². The van der Waals surface area contributed by atoms with E-state index in [-0.39, 0.29) is 10.9 Å². The fourth-order valence-corrected chi connectivity index (χ4v) is 2.30. The third kappa shape index (κ3) is 3.70. The highest BCUT2D eigenvalue weighted by atomic mass is 35.5. The highest BCUT2D eigenvalue weighted by Gasteiger charge is 2.30. The number of nitrogens with one attached hydrogen (secondary N) is 1. The molecular formula is C14H11ClF3N5. The van der Waals surface area contributed by atoms with Gasteiger partial charge in [-0.2, -0.15) is 28.2 Å². The monoisotopic (exact) mass is 341 g/mol. The van der Waals surface area contributed by atoms with Crippen molar-refractivity contribution in [1.82, 2.24) is 19.7 Å². The van der Waals surface area contributed by atoms with E-state index >= 15 is 0 Å². The normalized spacial score (nSPS) is 11.8. The van der Waals surface area contributed by atoms with E-state index in [9.17, 15) is 13.2 Å². The van der Waals surface area contributed by atoms with Crippen LogP contribution in [0.1, 0.15) is 5.56 Å². The Morgan fingerprint density at radius 3 is 2.57 bits per heavy atom. The number of anilines is 1. The summed E-state index contributed by atoms with van der Waals surface area (Å²) >= 11 is 5.82. The Bertz CT molecular complexity index is 816. The molecule has 0 aliphatic heterocycles. The van der Waals surface area contributed by atoms with Gasteiger partial charge in [0.05, 0.1) is 11.6 Å². The Labute approximate surface area is 134 Å². The average Bonchev–Trinajstić information content (AvgIpc) is 2.87. The van der Waals surface area contributed by atoms with Gasteiger partial charge < -0.3 is 5.32 Å². The van der Waals surface area contributed by atoms with Crippen LogP contribution in [0.4, 0.5) is 19.0 Å². The van der Waals surface area contributed by atoms with Crippen LogP contribution < -0.4 is 5.32 Å². The molecule has 0 unspecified atom stereocenters. The summed E-state index contributed by atoms with van der Waals surface area (Å²) < 4.78 is 38.5. The summed E-state index contributed by atoms with van der Waals surface area (Å²) in [5, 5.41) is 7.03. The zero-order chi connectivity index (χ0) is 16.4. The van der Waals surface area contributed by atoms with Gasteiger partial charge in [-0.15, -0.1) is 0 Å². The van der Waals surface area contributed by atoms with Gasteiger partial charge in [0.25, 0.3) is 0 Å². The summed E-state index contributed by atoms with van der Waals surface area (Å²) in [6.07, 6.45) is -3.10. The Balaban J connectivity index is 1.91. The van der Waals surface area contributed by atoms with Crippen molar-refractivity contribution in [2.45, 2.75) is 19.3 Å². The summed E-state index contributed by atoms with van der Waals surface area (Å²) in [5.41, 5.74) is 1.04. The first-order valence-corrected chi connectivity index (χ1v) is 7.04. The van der Waals surface area contributed by atoms with Crippen molar-refractivity contribution in [3.63, 3.8) is 0 Å². The number of halogens is 4. The van der Waals surface area contributed by atoms with Crippen LogP contribution >= 0.6 is 11.6 Å². The second-order valence-electron chi connectivity index (χ2n) is 4.84. The molecule has 3 aromatic rings. The molecule has 9 heteroatoms. The van der Waals surface area contributed by atoms with Crippen molar-refractivity contribution in [3.05, 3.63) is 47.4 Å². The number of fused-ring (bicyclic) bond motifs is 1. The maximum atomic E-state index is 12.6. The van der Waals surface area contributed by atoms with Crippen LogP contribution in [0.5, 0.6) is 0 Å². The van der Waals surface area contributed by atoms with E-state index in [4.69, 9.17) is 11.6 Å². The van der Waals surface area contributed by atoms with Crippen molar-refractivity contribution in [2.75, 3.05) is 5.32 Å². The quantitative estimate of drug-likeness (QED) is 0.736. The zero-order valence-electron chi connectivity index (χ0n) is 11.7. The number of nitrogens with zero attached hydrogens (tertiary/aromatic N) is 4. The minimum absolute atomic E-state index is 0.0397. The molecule has 120 valence electrons. The molecule has 0 saturated carbocycles. The van der Waals surface area contributed by atoms with Crippen LogP contribution in [0.15, 0.2) is 36.5 Å². The average molecular weight is 342 g/mol. The largest absolute Gasteiger partial charge is 0.408 e. The molecule has 2 aromatic heterocycles. The van der Waals surface area contributed by atoms with Crippen molar-refractivity contribution < 1.29 is 13.2 Å². The zero-order valence-corrected chi connectivity index (χ0v) is 12.4. The van der Waals surface area contributed by atoms with E-state index in [1.807, 2.05) is 30.3 Å². The van der Waals surface area contributed by atoms with Gasteiger partial charge in [0.1, 0.15) is 12.4 Å². The molecule has 0 fully saturated rings. The predicted octanol–water partition coefficient (Wildman–Crippen LogP) is 3.65. The molecule has 0 atom stereocenters. The van der Waals surface area contributed by atoms with E-state index < -0.39 is 12.7 Å². The lowest BCUT2D eigenvalue weighted by Crippen LogP contribution is -2.19. The third-order valence-corrected chi connectivity index (χ3v) is 3.27. The van der Waals surface area contributed by atoms with Gasteiger partial charge in [-0.3, -0.25) is 0 Å². The molecule has 1 N–H and O–H groups in total. The second-order valence-corrected chi connectivity index (χ2v) is 5.17. The van der Waals surface area contributed by atoms with E-state index in [2.05, 4.69) is 20.4 Å². The molecule has 0 saturated heterocycles. The molecule has 0 bridgehead atoms. The molecule has 1 aromatic carbocycles. The van der Waals surface area contributed by atoms with Gasteiger partial charge in [-0.05, 0) is 17.2 Å². The van der Waals surface area contributed by atoms with Gasteiger partial charge >= 0.3 is 6.18 Å². The smallest absolute Gasteiger partial charge is 0.365 e. The summed E-state index contributed by atoms with van der Waals surface area (Å²) in [6, 6.07) is 9.51. The van der Waals surface area contributed by atoms with Gasteiger partial charge in [-0.1, -0.05) is 30.3 Å². The fourth-order valence-electron chi connectivity index (χ4n) is 2.13. The first kappa shape index (κ1) is 15.5. The van der Waals surface area contributed by atoms with Crippen LogP contribution in [0.25, 0.3) is 11.0 Å². The summed E-state index contributed by atoms with van der Waals surface area (Å²) in [7, 11) is 0. The molecular weight excluding hydrogens is 331 g/mol. The lowest BCUT2D eigenvalue weighted by molar-refractivity contribution is -0.141. The first-order valence-electron chi connectivity index (χ1n) is 6.66. The number of hydrogen-bond acceptors (Lipinski definition) is 4. The Morgan fingerprint density at radius 1 is 1.13 bits per heavy atom. The topological polar surface area (TPSA) is 55.6 Å². The highest BCUT2D eigenvalue weighted by Crippen LogP contribution is 2.25. The van der Waals surface area contributed by atoms with Gasteiger partial charge in [0.2, 0.25) is 5.28 Å². The summed E-state index contributed by atoms with van der Waals surface area (Å²) in [4.78, 5) is 7.89. The predicted molar refractivity (Wildman–Crippen MR) is 80.2 cm³/mol. The number of alkyl halides is 3. The lowest BCUT2D eigenvalue weighted by atomic mass is 10.2. The van der Waals surface area contributed by atoms with Crippen molar-refractivity contribution in [2.24, 2.45) is 0 Å². The van der Waals surface area contributed by atoms with Gasteiger partial charge in [0.15, 0.2) is 5.65 Å². The maximum Gasteiger partial charge on any atom is 0.408 e. The Morgan fingerprint density at radius 2 is 1.87 bits per heavy atom. The van der Waals surface area contributed by atoms with Crippen molar-refractivity contribution in [1.29, 1.82) is 0 Å². The number of rotatable bonds is 4. The molecule has 23 heavy (non-hydrogen) atoms. The molecule has 0 aliphatic rings. The molecule has 0 aliphatic carbocycles. The number of hydrogen-bond donors (Lipinski definition) is 1. The SMILES string of the molecule is FC(F)(F)Cn1ncc2c(NCc3ccccc3)nc(Cl)nc21. The summed E-state index contributed by atoms with van der Waals surface area (Å²) in [6.45, 7) is -0.782. The molecule has 0 radical (unpaired) electrons. The van der Waals surface area contributed by atoms with E-state index in [0.29, 0.717) is 17.7 Å². The number of aromatic nitrogens is 4. The lowest BCUT2D eigenvalue weighted by Gasteiger charge is -2.09.